The van der Waals surface area contributed by atoms with E-state index in [1.54, 1.807) is 11.1 Å². The van der Waals surface area contributed by atoms with Crippen LogP contribution < -0.4 is 0 Å². The first-order valence-corrected chi connectivity index (χ1v) is 8.79. The summed E-state index contributed by atoms with van der Waals surface area (Å²) in [5.41, 5.74) is 13.3. The smallest absolute Gasteiger partial charge is 0.00522 e. The Morgan fingerprint density at radius 3 is 2.48 bits per heavy atom. The maximum absolute atomic E-state index is 4.27. The molecule has 1 unspecified atom stereocenters. The van der Waals surface area contributed by atoms with Gasteiger partial charge in [0.25, 0.3) is 0 Å². The van der Waals surface area contributed by atoms with Crippen molar-refractivity contribution in [3.05, 3.63) is 76.6 Å². The van der Waals surface area contributed by atoms with Crippen molar-refractivity contribution in [2.45, 2.75) is 59.3 Å². The molecule has 2 aliphatic rings. The van der Waals surface area contributed by atoms with E-state index >= 15 is 0 Å². The van der Waals surface area contributed by atoms with Gasteiger partial charge in [-0.3, -0.25) is 0 Å². The molecule has 0 radical (unpaired) electrons. The predicted octanol–water partition coefficient (Wildman–Crippen LogP) is 7.00. The summed E-state index contributed by atoms with van der Waals surface area (Å²) in [4.78, 5) is 0. The van der Waals surface area contributed by atoms with E-state index in [-0.39, 0.29) is 0 Å². The molecule has 1 atom stereocenters. The molecule has 0 fully saturated rings. The third-order valence-corrected chi connectivity index (χ3v) is 4.87. The van der Waals surface area contributed by atoms with E-state index in [1.807, 2.05) is 6.08 Å². The molecule has 0 aromatic carbocycles. The Bertz CT molecular complexity index is 654. The van der Waals surface area contributed by atoms with E-state index in [2.05, 4.69) is 52.3 Å². The molecule has 0 aromatic rings. The van der Waals surface area contributed by atoms with Crippen LogP contribution >= 0.6 is 0 Å². The fraction of sp³-hybridized carbons (Fsp3) is 0.435. The molecule has 23 heavy (non-hydrogen) atoms. The molecular formula is C23H30. The minimum absolute atomic E-state index is 0.514. The van der Waals surface area contributed by atoms with Crippen LogP contribution in [0.5, 0.6) is 0 Å². The third kappa shape index (κ3) is 3.77. The largest absolute Gasteiger partial charge is 0.120 e. The first-order chi connectivity index (χ1) is 11.0. The van der Waals surface area contributed by atoms with Crippen molar-refractivity contribution in [3.8, 4) is 0 Å². The molecule has 0 saturated carbocycles. The van der Waals surface area contributed by atoms with Crippen LogP contribution in [-0.2, 0) is 0 Å². The summed E-state index contributed by atoms with van der Waals surface area (Å²) >= 11 is 0. The van der Waals surface area contributed by atoms with Crippen molar-refractivity contribution < 1.29 is 0 Å². The van der Waals surface area contributed by atoms with Crippen molar-refractivity contribution in [2.75, 3.05) is 0 Å². The van der Waals surface area contributed by atoms with Crippen LogP contribution in [-0.4, -0.2) is 0 Å². The summed E-state index contributed by atoms with van der Waals surface area (Å²) < 4.78 is 0. The van der Waals surface area contributed by atoms with E-state index in [1.165, 1.54) is 53.5 Å². The van der Waals surface area contributed by atoms with Gasteiger partial charge in [-0.1, -0.05) is 42.9 Å². The topological polar surface area (TPSA) is 0 Å². The summed E-state index contributed by atoms with van der Waals surface area (Å²) in [6.07, 6.45) is 10.9. The van der Waals surface area contributed by atoms with Gasteiger partial charge in [0.15, 0.2) is 0 Å². The van der Waals surface area contributed by atoms with E-state index in [4.69, 9.17) is 0 Å². The number of hydrogen-bond donors (Lipinski definition) is 0. The highest BCUT2D eigenvalue weighted by Crippen LogP contribution is 2.49. The average molecular weight is 306 g/mol. The average Bonchev–Trinajstić information content (AvgIpc) is 2.80. The van der Waals surface area contributed by atoms with Crippen LogP contribution in [0.25, 0.3) is 0 Å². The molecule has 0 bridgehead atoms. The fourth-order valence-corrected chi connectivity index (χ4v) is 3.90. The number of hydrogen-bond acceptors (Lipinski definition) is 0. The summed E-state index contributed by atoms with van der Waals surface area (Å²) in [6, 6.07) is 0. The van der Waals surface area contributed by atoms with Gasteiger partial charge in [0, 0.05) is 11.5 Å². The maximum atomic E-state index is 4.27. The van der Waals surface area contributed by atoms with Gasteiger partial charge in [-0.25, -0.2) is 0 Å². The third-order valence-electron chi connectivity index (χ3n) is 4.87. The zero-order chi connectivity index (χ0) is 17.0. The number of rotatable bonds is 6. The SMILES string of the molecule is C=CCC(=C=CCC(=C)C)C1=C(C(=C)C)C(C)C2=C1CCCC2. The van der Waals surface area contributed by atoms with E-state index < -0.39 is 0 Å². The molecule has 2 rings (SSSR count). The van der Waals surface area contributed by atoms with Crippen LogP contribution in [0.1, 0.15) is 59.3 Å². The Morgan fingerprint density at radius 2 is 1.87 bits per heavy atom. The summed E-state index contributed by atoms with van der Waals surface area (Å²) in [5.74, 6) is 0.514. The lowest BCUT2D eigenvalue weighted by Gasteiger charge is -2.19. The molecule has 0 aliphatic heterocycles. The van der Waals surface area contributed by atoms with Gasteiger partial charge >= 0.3 is 0 Å². The zero-order valence-corrected chi connectivity index (χ0v) is 15.1. The lowest BCUT2D eigenvalue weighted by molar-refractivity contribution is 0.637. The molecular weight excluding hydrogens is 276 g/mol. The van der Waals surface area contributed by atoms with Gasteiger partial charge in [-0.2, -0.15) is 0 Å². The Labute approximate surface area is 142 Å². The Morgan fingerprint density at radius 1 is 1.17 bits per heavy atom. The van der Waals surface area contributed by atoms with Crippen LogP contribution in [0.15, 0.2) is 76.6 Å². The van der Waals surface area contributed by atoms with E-state index in [0.29, 0.717) is 5.92 Å². The fourth-order valence-electron chi connectivity index (χ4n) is 3.90. The highest BCUT2D eigenvalue weighted by molar-refractivity contribution is 5.63. The quantitative estimate of drug-likeness (QED) is 0.366. The monoisotopic (exact) mass is 306 g/mol. The lowest BCUT2D eigenvalue weighted by Crippen LogP contribution is -2.03. The second kappa shape index (κ2) is 7.66. The molecule has 0 heterocycles. The lowest BCUT2D eigenvalue weighted by atomic mass is 9.86. The van der Waals surface area contributed by atoms with Crippen LogP contribution in [0.3, 0.4) is 0 Å². The van der Waals surface area contributed by atoms with Crippen molar-refractivity contribution in [3.63, 3.8) is 0 Å². The molecule has 0 spiro atoms. The molecule has 0 heteroatoms. The van der Waals surface area contributed by atoms with Crippen molar-refractivity contribution >= 4 is 0 Å². The second-order valence-electron chi connectivity index (χ2n) is 6.98. The highest BCUT2D eigenvalue weighted by atomic mass is 14.4. The molecule has 2 aliphatic carbocycles. The van der Waals surface area contributed by atoms with E-state index in [9.17, 15) is 0 Å². The van der Waals surface area contributed by atoms with E-state index in [0.717, 1.165) is 12.8 Å². The van der Waals surface area contributed by atoms with Gasteiger partial charge in [-0.15, -0.1) is 12.3 Å². The standard InChI is InChI=1S/C23H30/c1-7-11-19(13-10-12-16(2)3)23-21-15-9-8-14-20(21)18(6)22(23)17(4)5/h7,10,18H,1-2,4,8-9,11-12,14-15H2,3,5-6H3. The predicted molar refractivity (Wildman–Crippen MR) is 102 cm³/mol. The van der Waals surface area contributed by atoms with Crippen molar-refractivity contribution in [2.24, 2.45) is 5.92 Å². The summed E-state index contributed by atoms with van der Waals surface area (Å²) in [7, 11) is 0. The van der Waals surface area contributed by atoms with Crippen LogP contribution in [0.2, 0.25) is 0 Å². The Hall–Kier alpha value is -1.78. The van der Waals surface area contributed by atoms with Gasteiger partial charge < -0.3 is 0 Å². The van der Waals surface area contributed by atoms with Crippen LogP contribution in [0.4, 0.5) is 0 Å². The molecule has 122 valence electrons. The number of allylic oxidation sites excluding steroid dienone is 8. The first kappa shape index (κ1) is 17.6. The molecule has 0 saturated heterocycles. The first-order valence-electron chi connectivity index (χ1n) is 8.79. The Kier molecular flexibility index (Phi) is 5.85. The normalized spacial score (nSPS) is 20.0. The molecule has 0 N–H and O–H groups in total. The van der Waals surface area contributed by atoms with Gasteiger partial charge in [-0.05, 0) is 75.2 Å². The van der Waals surface area contributed by atoms with Gasteiger partial charge in [0.1, 0.15) is 0 Å². The van der Waals surface area contributed by atoms with Gasteiger partial charge in [0.05, 0.1) is 0 Å². The molecule has 0 amide bonds. The van der Waals surface area contributed by atoms with Crippen molar-refractivity contribution in [1.82, 2.24) is 0 Å². The maximum Gasteiger partial charge on any atom is 0.00522 e. The minimum Gasteiger partial charge on any atom is -0.120 e. The minimum atomic E-state index is 0.514. The highest BCUT2D eigenvalue weighted by Gasteiger charge is 2.33. The van der Waals surface area contributed by atoms with Gasteiger partial charge in [0.2, 0.25) is 0 Å². The Balaban J connectivity index is 2.58. The van der Waals surface area contributed by atoms with Crippen LogP contribution in [0, 0.1) is 5.92 Å². The second-order valence-corrected chi connectivity index (χ2v) is 6.98. The summed E-state index contributed by atoms with van der Waals surface area (Å²) in [6.45, 7) is 18.8. The molecule has 0 nitrogen and oxygen atoms in total. The molecule has 0 aromatic heterocycles. The van der Waals surface area contributed by atoms with Crippen molar-refractivity contribution in [1.29, 1.82) is 0 Å². The zero-order valence-electron chi connectivity index (χ0n) is 15.1. The summed E-state index contributed by atoms with van der Waals surface area (Å²) in [5, 5.41) is 0.